The van der Waals surface area contributed by atoms with E-state index in [4.69, 9.17) is 23.2 Å². The monoisotopic (exact) mass is 397 g/mol. The fourth-order valence-corrected chi connectivity index (χ4v) is 2.51. The van der Waals surface area contributed by atoms with E-state index in [1.807, 2.05) is 46.8 Å². The highest BCUT2D eigenvalue weighted by atomic mass is 35.5. The smallest absolute Gasteiger partial charge is 0.293 e. The highest BCUT2D eigenvalue weighted by Gasteiger charge is 2.11. The van der Waals surface area contributed by atoms with Crippen LogP contribution in [0.5, 0.6) is 0 Å². The number of nitrogens with zero attached hydrogens (tertiary/aromatic N) is 2. The van der Waals surface area contributed by atoms with Gasteiger partial charge in [0.25, 0.3) is 6.47 Å². The summed E-state index contributed by atoms with van der Waals surface area (Å²) in [6, 6.07) is 5.53. The molecule has 0 amide bonds. The maximum atomic E-state index is 9.60. The highest BCUT2D eigenvalue weighted by Crippen LogP contribution is 2.26. The first-order valence-electron chi connectivity index (χ1n) is 8.27. The first-order chi connectivity index (χ1) is 12.2. The Labute approximate surface area is 165 Å². The van der Waals surface area contributed by atoms with E-state index in [1.54, 1.807) is 12.4 Å². The standard InChI is InChI=1S/C14H15Cl2N3.C5H10O2/c1-3-17-14-12(9(2)18-8-19-14)6-10-4-5-11(15)7-13(10)16;1-5(2,3)7-4-6/h4-5,7-8H,3,6H2,1-2H3,(H,17,18,19);4H,1-3H3. The third-order valence-electron chi connectivity index (χ3n) is 3.29. The Hall–Kier alpha value is -1.85. The molecule has 5 nitrogen and oxygen atoms in total. The van der Waals surface area contributed by atoms with Crippen molar-refractivity contribution in [2.24, 2.45) is 0 Å². The van der Waals surface area contributed by atoms with Crippen molar-refractivity contribution in [1.29, 1.82) is 0 Å². The SMILES string of the molecule is CC(C)(C)OC=O.CCNc1ncnc(C)c1Cc1ccc(Cl)cc1Cl. The third kappa shape index (κ3) is 7.58. The Kier molecular flexibility index (Phi) is 8.82. The number of aromatic nitrogens is 2. The average Bonchev–Trinajstić information content (AvgIpc) is 2.52. The van der Waals surface area contributed by atoms with Crippen molar-refractivity contribution in [1.82, 2.24) is 9.97 Å². The molecule has 0 spiro atoms. The average molecular weight is 398 g/mol. The zero-order valence-corrected chi connectivity index (χ0v) is 17.3. The molecule has 0 saturated carbocycles. The van der Waals surface area contributed by atoms with Crippen LogP contribution >= 0.6 is 23.2 Å². The van der Waals surface area contributed by atoms with Crippen LogP contribution in [0.25, 0.3) is 0 Å². The van der Waals surface area contributed by atoms with Gasteiger partial charge in [0.05, 0.1) is 0 Å². The number of anilines is 1. The lowest BCUT2D eigenvalue weighted by Crippen LogP contribution is -2.17. The number of nitrogens with one attached hydrogen (secondary N) is 1. The number of aryl methyl sites for hydroxylation is 1. The molecule has 2 rings (SSSR count). The van der Waals surface area contributed by atoms with Crippen LogP contribution in [-0.2, 0) is 16.0 Å². The van der Waals surface area contributed by atoms with E-state index in [0.717, 1.165) is 29.2 Å². The van der Waals surface area contributed by atoms with Crippen LogP contribution in [-0.4, -0.2) is 28.6 Å². The van der Waals surface area contributed by atoms with E-state index in [2.05, 4.69) is 20.0 Å². The molecule has 0 bridgehead atoms. The molecule has 7 heteroatoms. The molecule has 2 aromatic rings. The van der Waals surface area contributed by atoms with Crippen molar-refractivity contribution in [3.63, 3.8) is 0 Å². The van der Waals surface area contributed by atoms with E-state index in [-0.39, 0.29) is 5.60 Å². The molecule has 0 aliphatic heterocycles. The van der Waals surface area contributed by atoms with Crippen molar-refractivity contribution >= 4 is 35.5 Å². The predicted octanol–water partition coefficient (Wildman–Crippen LogP) is 5.07. The summed E-state index contributed by atoms with van der Waals surface area (Å²) in [5, 5.41) is 4.55. The largest absolute Gasteiger partial charge is 0.462 e. The number of ether oxygens (including phenoxy) is 1. The molecule has 1 aromatic carbocycles. The molecule has 0 radical (unpaired) electrons. The second kappa shape index (κ2) is 10.3. The molecule has 1 aromatic heterocycles. The van der Waals surface area contributed by atoms with Crippen LogP contribution < -0.4 is 5.32 Å². The fraction of sp³-hybridized carbons (Fsp3) is 0.421. The van der Waals surface area contributed by atoms with Gasteiger partial charge in [-0.25, -0.2) is 9.97 Å². The molecular formula is C19H25Cl2N3O2. The molecule has 0 unspecified atom stereocenters. The van der Waals surface area contributed by atoms with Crippen LogP contribution in [0.15, 0.2) is 24.5 Å². The molecule has 1 heterocycles. The molecule has 26 heavy (non-hydrogen) atoms. The number of halogens is 2. The zero-order valence-electron chi connectivity index (χ0n) is 15.8. The first kappa shape index (κ1) is 22.2. The summed E-state index contributed by atoms with van der Waals surface area (Å²) in [4.78, 5) is 18.1. The quantitative estimate of drug-likeness (QED) is 0.713. The lowest BCUT2D eigenvalue weighted by Gasteiger charge is -2.14. The van der Waals surface area contributed by atoms with E-state index in [9.17, 15) is 4.79 Å². The number of benzene rings is 1. The van der Waals surface area contributed by atoms with Crippen LogP contribution in [0, 0.1) is 6.92 Å². The van der Waals surface area contributed by atoms with Gasteiger partial charge in [0.1, 0.15) is 17.7 Å². The summed E-state index contributed by atoms with van der Waals surface area (Å²) >= 11 is 12.1. The molecule has 142 valence electrons. The minimum absolute atomic E-state index is 0.318. The summed E-state index contributed by atoms with van der Waals surface area (Å²) in [5.74, 6) is 0.862. The topological polar surface area (TPSA) is 64.1 Å². The lowest BCUT2D eigenvalue weighted by atomic mass is 10.0. The summed E-state index contributed by atoms with van der Waals surface area (Å²) in [7, 11) is 0. The van der Waals surface area contributed by atoms with Gasteiger partial charge in [0, 0.05) is 34.3 Å². The zero-order chi connectivity index (χ0) is 19.7. The Morgan fingerprint density at radius 2 is 1.92 bits per heavy atom. The number of hydrogen-bond acceptors (Lipinski definition) is 5. The maximum Gasteiger partial charge on any atom is 0.293 e. The second-order valence-corrected chi connectivity index (χ2v) is 7.40. The van der Waals surface area contributed by atoms with Gasteiger partial charge in [-0.15, -0.1) is 0 Å². The first-order valence-corrected chi connectivity index (χ1v) is 9.03. The van der Waals surface area contributed by atoms with Crippen molar-refractivity contribution in [2.75, 3.05) is 11.9 Å². The molecule has 0 aliphatic carbocycles. The van der Waals surface area contributed by atoms with Crippen LogP contribution in [0.1, 0.15) is 44.5 Å². The van der Waals surface area contributed by atoms with E-state index < -0.39 is 0 Å². The van der Waals surface area contributed by atoms with E-state index in [0.29, 0.717) is 22.9 Å². The Balaban J connectivity index is 0.000000412. The van der Waals surface area contributed by atoms with Crippen LogP contribution in [0.3, 0.4) is 0 Å². The van der Waals surface area contributed by atoms with E-state index >= 15 is 0 Å². The number of carbonyl (C=O) groups excluding carboxylic acids is 1. The Bertz CT molecular complexity index is 731. The summed E-state index contributed by atoms with van der Waals surface area (Å²) < 4.78 is 4.55. The van der Waals surface area contributed by atoms with Crippen molar-refractivity contribution in [2.45, 2.75) is 46.6 Å². The summed E-state index contributed by atoms with van der Waals surface area (Å²) in [6.07, 6.45) is 2.26. The molecular weight excluding hydrogens is 373 g/mol. The molecule has 0 aliphatic rings. The number of hydrogen-bond donors (Lipinski definition) is 1. The number of rotatable bonds is 5. The number of carbonyl (C=O) groups is 1. The van der Waals surface area contributed by atoms with Gasteiger partial charge in [0.15, 0.2) is 0 Å². The molecule has 0 saturated heterocycles. The van der Waals surface area contributed by atoms with Crippen LogP contribution in [0.4, 0.5) is 5.82 Å². The van der Waals surface area contributed by atoms with Gasteiger partial charge < -0.3 is 10.1 Å². The van der Waals surface area contributed by atoms with Gasteiger partial charge >= 0.3 is 0 Å². The highest BCUT2D eigenvalue weighted by molar-refractivity contribution is 6.35. The van der Waals surface area contributed by atoms with Gasteiger partial charge in [-0.05, 0) is 52.3 Å². The minimum atomic E-state index is -0.318. The van der Waals surface area contributed by atoms with Crippen molar-refractivity contribution < 1.29 is 9.53 Å². The molecule has 0 fully saturated rings. The predicted molar refractivity (Wildman–Crippen MR) is 107 cm³/mol. The summed E-state index contributed by atoms with van der Waals surface area (Å²) in [6.45, 7) is 10.8. The lowest BCUT2D eigenvalue weighted by molar-refractivity contribution is -0.138. The third-order valence-corrected chi connectivity index (χ3v) is 3.88. The van der Waals surface area contributed by atoms with Gasteiger partial charge in [-0.2, -0.15) is 0 Å². The van der Waals surface area contributed by atoms with E-state index in [1.165, 1.54) is 0 Å². The van der Waals surface area contributed by atoms with Gasteiger partial charge in [-0.3, -0.25) is 4.79 Å². The molecule has 1 N–H and O–H groups in total. The summed E-state index contributed by atoms with van der Waals surface area (Å²) in [5.41, 5.74) is 2.72. The van der Waals surface area contributed by atoms with Crippen LogP contribution in [0.2, 0.25) is 10.0 Å². The normalized spacial score (nSPS) is 10.6. The van der Waals surface area contributed by atoms with Crippen molar-refractivity contribution in [3.05, 3.63) is 51.4 Å². The molecule has 0 atom stereocenters. The van der Waals surface area contributed by atoms with Crippen molar-refractivity contribution in [3.8, 4) is 0 Å². The van der Waals surface area contributed by atoms with Gasteiger partial charge in [-0.1, -0.05) is 29.3 Å². The second-order valence-electron chi connectivity index (χ2n) is 6.56. The Morgan fingerprint density at radius 1 is 1.23 bits per heavy atom. The fourth-order valence-electron chi connectivity index (χ4n) is 2.03. The minimum Gasteiger partial charge on any atom is -0.462 e. The maximum absolute atomic E-state index is 9.60. The Morgan fingerprint density at radius 3 is 2.42 bits per heavy atom. The van der Waals surface area contributed by atoms with Gasteiger partial charge in [0.2, 0.25) is 0 Å².